The van der Waals surface area contributed by atoms with E-state index < -0.39 is 11.9 Å². The first kappa shape index (κ1) is 19.5. The summed E-state index contributed by atoms with van der Waals surface area (Å²) < 4.78 is 52.3. The molecule has 0 aliphatic carbocycles. The van der Waals surface area contributed by atoms with Crippen LogP contribution in [-0.2, 0) is 6.18 Å². The average Bonchev–Trinajstić information content (AvgIpc) is 3.14. The Morgan fingerprint density at radius 2 is 1.81 bits per heavy atom. The first-order chi connectivity index (χ1) is 12.8. The van der Waals surface area contributed by atoms with Crippen LogP contribution in [0, 0.1) is 5.82 Å². The van der Waals surface area contributed by atoms with E-state index in [0.29, 0.717) is 12.2 Å². The van der Waals surface area contributed by atoms with Gasteiger partial charge in [0.2, 0.25) is 0 Å². The quantitative estimate of drug-likeness (QED) is 0.757. The lowest BCUT2D eigenvalue weighted by Gasteiger charge is -2.19. The molecule has 1 N–H and O–H groups in total. The first-order valence-corrected chi connectivity index (χ1v) is 9.00. The largest absolute Gasteiger partial charge is 0.434 e. The van der Waals surface area contributed by atoms with E-state index in [9.17, 15) is 17.6 Å². The summed E-state index contributed by atoms with van der Waals surface area (Å²) in [5, 5.41) is 3.03. The summed E-state index contributed by atoms with van der Waals surface area (Å²) >= 11 is 0. The molecule has 0 amide bonds. The zero-order chi connectivity index (χ0) is 19.4. The highest BCUT2D eigenvalue weighted by Crippen LogP contribution is 2.32. The molecule has 0 bridgehead atoms. The van der Waals surface area contributed by atoms with E-state index in [4.69, 9.17) is 0 Å². The van der Waals surface area contributed by atoms with Gasteiger partial charge in [0.25, 0.3) is 0 Å². The van der Waals surface area contributed by atoms with Crippen molar-refractivity contribution < 1.29 is 17.6 Å². The Kier molecular flexibility index (Phi) is 5.94. The maximum atomic E-state index is 13.2. The third kappa shape index (κ3) is 4.94. The Morgan fingerprint density at radius 3 is 2.44 bits per heavy atom. The number of alkyl halides is 3. The summed E-state index contributed by atoms with van der Waals surface area (Å²) in [6.45, 7) is 5.06. The maximum absolute atomic E-state index is 13.2. The molecular weight excluding hydrogens is 360 g/mol. The molecule has 0 saturated carbocycles. The van der Waals surface area contributed by atoms with Crippen molar-refractivity contribution in [3.63, 3.8) is 0 Å². The topological polar surface area (TPSA) is 41.1 Å². The lowest BCUT2D eigenvalue weighted by atomic mass is 9.97. The molecule has 1 unspecified atom stereocenters. The van der Waals surface area contributed by atoms with Crippen molar-refractivity contribution in [2.75, 3.05) is 31.5 Å². The predicted molar refractivity (Wildman–Crippen MR) is 95.1 cm³/mol. The summed E-state index contributed by atoms with van der Waals surface area (Å²) in [6, 6.07) is 5.86. The molecule has 3 rings (SSSR count). The summed E-state index contributed by atoms with van der Waals surface area (Å²) in [4.78, 5) is 10.1. The third-order valence-electron chi connectivity index (χ3n) is 4.79. The Hall–Kier alpha value is -2.22. The van der Waals surface area contributed by atoms with E-state index in [0.717, 1.165) is 44.2 Å². The van der Waals surface area contributed by atoms with Gasteiger partial charge in [-0.05, 0) is 43.6 Å². The normalized spacial score (nSPS) is 16.5. The molecule has 0 spiro atoms. The molecular formula is C19H22F4N4. The molecule has 27 heavy (non-hydrogen) atoms. The maximum Gasteiger partial charge on any atom is 0.434 e. The standard InChI is InChI=1S/C19H22F4N4/c1-13(14-4-6-15(20)7-5-14)17-18(24-8-11-27-9-2-3-10-27)26-16(12-25-17)19(21,22)23/h4-7,12-13H,2-3,8-11H2,1H3,(H,24,26). The van der Waals surface area contributed by atoms with Gasteiger partial charge in [-0.3, -0.25) is 4.98 Å². The smallest absolute Gasteiger partial charge is 0.367 e. The summed E-state index contributed by atoms with van der Waals surface area (Å²) in [5.41, 5.74) is 0.144. The van der Waals surface area contributed by atoms with Gasteiger partial charge in [0.15, 0.2) is 5.69 Å². The minimum absolute atomic E-state index is 0.126. The molecule has 1 aliphatic rings. The molecule has 146 valence electrons. The van der Waals surface area contributed by atoms with Gasteiger partial charge in [0, 0.05) is 19.0 Å². The second-order valence-corrected chi connectivity index (χ2v) is 6.74. The Labute approximate surface area is 155 Å². The van der Waals surface area contributed by atoms with Crippen molar-refractivity contribution in [3.8, 4) is 0 Å². The van der Waals surface area contributed by atoms with Crippen LogP contribution in [0.5, 0.6) is 0 Å². The number of aromatic nitrogens is 2. The van der Waals surface area contributed by atoms with Gasteiger partial charge in [0.05, 0.1) is 11.9 Å². The van der Waals surface area contributed by atoms with Crippen LogP contribution >= 0.6 is 0 Å². The van der Waals surface area contributed by atoms with Crippen LogP contribution in [0.4, 0.5) is 23.4 Å². The minimum Gasteiger partial charge on any atom is -0.367 e. The van der Waals surface area contributed by atoms with Crippen LogP contribution in [0.1, 0.15) is 42.6 Å². The molecule has 1 atom stereocenters. The fourth-order valence-electron chi connectivity index (χ4n) is 3.23. The lowest BCUT2D eigenvalue weighted by molar-refractivity contribution is -0.141. The van der Waals surface area contributed by atoms with Crippen molar-refractivity contribution in [2.45, 2.75) is 31.9 Å². The molecule has 1 aromatic carbocycles. The molecule has 0 radical (unpaired) electrons. The molecule has 4 nitrogen and oxygen atoms in total. The number of hydrogen-bond acceptors (Lipinski definition) is 4. The van der Waals surface area contributed by atoms with Gasteiger partial charge < -0.3 is 10.2 Å². The highest BCUT2D eigenvalue weighted by atomic mass is 19.4. The number of anilines is 1. The summed E-state index contributed by atoms with van der Waals surface area (Å²) in [6.07, 6.45) is -1.51. The van der Waals surface area contributed by atoms with Gasteiger partial charge in [0.1, 0.15) is 11.6 Å². The van der Waals surface area contributed by atoms with Gasteiger partial charge in [-0.2, -0.15) is 13.2 Å². The Morgan fingerprint density at radius 1 is 1.15 bits per heavy atom. The van der Waals surface area contributed by atoms with Crippen LogP contribution in [0.15, 0.2) is 30.5 Å². The number of likely N-dealkylation sites (tertiary alicyclic amines) is 1. The molecule has 8 heteroatoms. The zero-order valence-corrected chi connectivity index (χ0v) is 15.1. The first-order valence-electron chi connectivity index (χ1n) is 9.00. The number of rotatable bonds is 6. The molecule has 1 aromatic heterocycles. The van der Waals surface area contributed by atoms with Gasteiger partial charge in [-0.15, -0.1) is 0 Å². The highest BCUT2D eigenvalue weighted by Gasteiger charge is 2.34. The van der Waals surface area contributed by atoms with Crippen molar-refractivity contribution in [1.29, 1.82) is 0 Å². The van der Waals surface area contributed by atoms with Gasteiger partial charge in [-0.25, -0.2) is 9.37 Å². The Bertz CT molecular complexity index is 755. The lowest BCUT2D eigenvalue weighted by Crippen LogP contribution is -2.27. The van der Waals surface area contributed by atoms with E-state index in [-0.39, 0.29) is 17.6 Å². The SMILES string of the molecule is CC(c1ccc(F)cc1)c1ncc(C(F)(F)F)nc1NCCN1CCCC1. The number of nitrogens with zero attached hydrogens (tertiary/aromatic N) is 3. The average molecular weight is 382 g/mol. The number of halogens is 4. The van der Waals surface area contributed by atoms with Crippen molar-refractivity contribution in [3.05, 3.63) is 53.2 Å². The number of nitrogens with one attached hydrogen (secondary N) is 1. The molecule has 1 saturated heterocycles. The van der Waals surface area contributed by atoms with Crippen LogP contribution in [-0.4, -0.2) is 41.0 Å². The fourth-order valence-corrected chi connectivity index (χ4v) is 3.23. The molecule has 1 fully saturated rings. The summed E-state index contributed by atoms with van der Waals surface area (Å²) in [7, 11) is 0. The fraction of sp³-hybridized carbons (Fsp3) is 0.474. The minimum atomic E-state index is -4.56. The van der Waals surface area contributed by atoms with E-state index in [1.165, 1.54) is 12.1 Å². The molecule has 1 aliphatic heterocycles. The van der Waals surface area contributed by atoms with Crippen LogP contribution in [0.25, 0.3) is 0 Å². The van der Waals surface area contributed by atoms with Crippen LogP contribution in [0.3, 0.4) is 0 Å². The van der Waals surface area contributed by atoms with E-state index in [1.807, 2.05) is 6.92 Å². The number of hydrogen-bond donors (Lipinski definition) is 1. The molecule has 2 aromatic rings. The van der Waals surface area contributed by atoms with Crippen molar-refractivity contribution in [2.24, 2.45) is 0 Å². The van der Waals surface area contributed by atoms with Crippen LogP contribution in [0.2, 0.25) is 0 Å². The van der Waals surface area contributed by atoms with Gasteiger partial charge in [-0.1, -0.05) is 19.1 Å². The van der Waals surface area contributed by atoms with Crippen molar-refractivity contribution in [1.82, 2.24) is 14.9 Å². The number of benzene rings is 1. The third-order valence-corrected chi connectivity index (χ3v) is 4.79. The van der Waals surface area contributed by atoms with E-state index >= 15 is 0 Å². The second kappa shape index (κ2) is 8.21. The Balaban J connectivity index is 1.83. The van der Waals surface area contributed by atoms with Crippen molar-refractivity contribution >= 4 is 5.82 Å². The predicted octanol–water partition coefficient (Wildman–Crippen LogP) is 4.29. The molecule has 2 heterocycles. The highest BCUT2D eigenvalue weighted by molar-refractivity contribution is 5.46. The summed E-state index contributed by atoms with van der Waals surface area (Å²) in [5.74, 6) is -0.566. The van der Waals surface area contributed by atoms with Gasteiger partial charge >= 0.3 is 6.18 Å². The monoisotopic (exact) mass is 382 g/mol. The van der Waals surface area contributed by atoms with E-state index in [1.54, 1.807) is 12.1 Å². The van der Waals surface area contributed by atoms with E-state index in [2.05, 4.69) is 20.2 Å². The zero-order valence-electron chi connectivity index (χ0n) is 15.1. The van der Waals surface area contributed by atoms with Crippen LogP contribution < -0.4 is 5.32 Å². The second-order valence-electron chi connectivity index (χ2n) is 6.74.